The molecule has 0 amide bonds. The Morgan fingerprint density at radius 3 is 2.81 bits per heavy atom. The minimum absolute atomic E-state index is 0.104. The smallest absolute Gasteiger partial charge is 0.347 e. The van der Waals surface area contributed by atoms with Crippen LogP contribution in [0.5, 0.6) is 5.75 Å². The standard InChI is InChI=1S/C10H10BrFO4/c1-15-5-9(10(13)14)16-6-2-3-7(11)8(12)4-6/h2-4,9H,5H2,1H3,(H,13,14). The Morgan fingerprint density at radius 1 is 1.62 bits per heavy atom. The maximum Gasteiger partial charge on any atom is 0.347 e. The van der Waals surface area contributed by atoms with Crippen LogP contribution >= 0.6 is 15.9 Å². The first kappa shape index (κ1) is 12.9. The third kappa shape index (κ3) is 3.46. The molecule has 1 aromatic rings. The van der Waals surface area contributed by atoms with Crippen molar-refractivity contribution >= 4 is 21.9 Å². The van der Waals surface area contributed by atoms with Crippen molar-refractivity contribution in [2.45, 2.75) is 6.10 Å². The van der Waals surface area contributed by atoms with Gasteiger partial charge >= 0.3 is 5.97 Å². The molecule has 6 heteroatoms. The van der Waals surface area contributed by atoms with Gasteiger partial charge in [-0.3, -0.25) is 0 Å². The maximum absolute atomic E-state index is 13.1. The average molecular weight is 293 g/mol. The van der Waals surface area contributed by atoms with Crippen LogP contribution in [-0.4, -0.2) is 30.9 Å². The summed E-state index contributed by atoms with van der Waals surface area (Å²) in [4.78, 5) is 10.7. The van der Waals surface area contributed by atoms with E-state index in [4.69, 9.17) is 9.84 Å². The second kappa shape index (κ2) is 5.81. The van der Waals surface area contributed by atoms with Gasteiger partial charge in [0.1, 0.15) is 11.6 Å². The van der Waals surface area contributed by atoms with E-state index in [2.05, 4.69) is 20.7 Å². The summed E-state index contributed by atoms with van der Waals surface area (Å²) in [6.07, 6.45) is -1.15. The van der Waals surface area contributed by atoms with Gasteiger partial charge in [0.2, 0.25) is 6.10 Å². The Labute approximate surface area is 100 Å². The number of carbonyl (C=O) groups is 1. The number of carboxylic acids is 1. The number of methoxy groups -OCH3 is 1. The van der Waals surface area contributed by atoms with Gasteiger partial charge < -0.3 is 14.6 Å². The Hall–Kier alpha value is -1.14. The lowest BCUT2D eigenvalue weighted by molar-refractivity contribution is -0.147. The van der Waals surface area contributed by atoms with Gasteiger partial charge in [0, 0.05) is 13.2 Å². The molecule has 0 saturated heterocycles. The molecule has 0 heterocycles. The summed E-state index contributed by atoms with van der Waals surface area (Å²) in [7, 11) is 1.36. The lowest BCUT2D eigenvalue weighted by atomic mass is 10.3. The van der Waals surface area contributed by atoms with Crippen molar-refractivity contribution in [2.24, 2.45) is 0 Å². The van der Waals surface area contributed by atoms with Crippen LogP contribution in [0.15, 0.2) is 22.7 Å². The third-order valence-corrected chi connectivity index (χ3v) is 2.41. The lowest BCUT2D eigenvalue weighted by Gasteiger charge is -2.14. The summed E-state index contributed by atoms with van der Waals surface area (Å²) < 4.78 is 23.2. The van der Waals surface area contributed by atoms with Crippen molar-refractivity contribution in [1.29, 1.82) is 0 Å². The molecular weight excluding hydrogens is 283 g/mol. The normalized spacial score (nSPS) is 12.2. The Kier molecular flexibility index (Phi) is 4.70. The third-order valence-electron chi connectivity index (χ3n) is 1.76. The predicted molar refractivity (Wildman–Crippen MR) is 58.0 cm³/mol. The van der Waals surface area contributed by atoms with Crippen LogP contribution in [0.1, 0.15) is 0 Å². The average Bonchev–Trinajstić information content (AvgIpc) is 2.22. The monoisotopic (exact) mass is 292 g/mol. The van der Waals surface area contributed by atoms with E-state index in [0.717, 1.165) is 6.07 Å². The Balaban J connectivity index is 2.77. The number of hydrogen-bond acceptors (Lipinski definition) is 3. The molecule has 1 aromatic carbocycles. The van der Waals surface area contributed by atoms with Crippen molar-refractivity contribution in [2.75, 3.05) is 13.7 Å². The molecule has 0 fully saturated rings. The Morgan fingerprint density at radius 2 is 2.31 bits per heavy atom. The number of aliphatic carboxylic acids is 1. The van der Waals surface area contributed by atoms with E-state index in [1.165, 1.54) is 19.2 Å². The summed E-state index contributed by atoms with van der Waals surface area (Å²) in [6.45, 7) is -0.104. The second-order valence-corrected chi connectivity index (χ2v) is 3.83. The van der Waals surface area contributed by atoms with Crippen LogP contribution in [0.25, 0.3) is 0 Å². The van der Waals surface area contributed by atoms with Crippen molar-refractivity contribution < 1.29 is 23.8 Å². The molecule has 1 unspecified atom stereocenters. The van der Waals surface area contributed by atoms with Gasteiger partial charge in [-0.1, -0.05) is 0 Å². The highest BCUT2D eigenvalue weighted by atomic mass is 79.9. The van der Waals surface area contributed by atoms with E-state index in [1.807, 2.05) is 0 Å². The SMILES string of the molecule is COCC(Oc1ccc(Br)c(F)c1)C(=O)O. The summed E-state index contributed by atoms with van der Waals surface area (Å²) in [5, 5.41) is 8.78. The molecule has 1 N–H and O–H groups in total. The van der Waals surface area contributed by atoms with E-state index in [-0.39, 0.29) is 12.4 Å². The molecule has 0 radical (unpaired) electrons. The largest absolute Gasteiger partial charge is 0.478 e. The van der Waals surface area contributed by atoms with Gasteiger partial charge in [-0.2, -0.15) is 0 Å². The Bertz CT molecular complexity index is 383. The molecule has 16 heavy (non-hydrogen) atoms. The minimum Gasteiger partial charge on any atom is -0.478 e. The van der Waals surface area contributed by atoms with Crippen LogP contribution in [0.3, 0.4) is 0 Å². The highest BCUT2D eigenvalue weighted by Crippen LogP contribution is 2.21. The zero-order chi connectivity index (χ0) is 12.1. The van der Waals surface area contributed by atoms with E-state index >= 15 is 0 Å². The lowest BCUT2D eigenvalue weighted by Crippen LogP contribution is -2.31. The zero-order valence-corrected chi connectivity index (χ0v) is 10.0. The fraction of sp³-hybridized carbons (Fsp3) is 0.300. The summed E-state index contributed by atoms with van der Waals surface area (Å²) >= 11 is 2.98. The highest BCUT2D eigenvalue weighted by Gasteiger charge is 2.19. The van der Waals surface area contributed by atoms with Crippen LogP contribution in [0, 0.1) is 5.82 Å². The van der Waals surface area contributed by atoms with E-state index in [1.54, 1.807) is 0 Å². The van der Waals surface area contributed by atoms with Crippen LogP contribution in [-0.2, 0) is 9.53 Å². The van der Waals surface area contributed by atoms with Gasteiger partial charge in [-0.15, -0.1) is 0 Å². The molecule has 1 rings (SSSR count). The topological polar surface area (TPSA) is 55.8 Å². The first-order chi connectivity index (χ1) is 7.54. The fourth-order valence-corrected chi connectivity index (χ4v) is 1.27. The summed E-state index contributed by atoms with van der Waals surface area (Å²) in [5.41, 5.74) is 0. The van der Waals surface area contributed by atoms with Gasteiger partial charge in [-0.25, -0.2) is 9.18 Å². The zero-order valence-electron chi connectivity index (χ0n) is 8.44. The molecule has 0 aromatic heterocycles. The number of halogens is 2. The van der Waals surface area contributed by atoms with E-state index in [0.29, 0.717) is 4.47 Å². The van der Waals surface area contributed by atoms with Crippen molar-refractivity contribution in [3.05, 3.63) is 28.5 Å². The first-order valence-corrected chi connectivity index (χ1v) is 5.17. The number of rotatable bonds is 5. The number of hydrogen-bond donors (Lipinski definition) is 1. The fourth-order valence-electron chi connectivity index (χ4n) is 1.02. The molecule has 0 aliphatic carbocycles. The molecule has 0 bridgehead atoms. The van der Waals surface area contributed by atoms with Crippen LogP contribution in [0.2, 0.25) is 0 Å². The summed E-state index contributed by atoms with van der Waals surface area (Å²) in [5.74, 6) is -1.53. The number of carboxylic acid groups (broad SMARTS) is 1. The molecule has 0 spiro atoms. The quantitative estimate of drug-likeness (QED) is 0.903. The number of benzene rings is 1. The molecular formula is C10H10BrFO4. The van der Waals surface area contributed by atoms with Crippen molar-refractivity contribution in [3.63, 3.8) is 0 Å². The highest BCUT2D eigenvalue weighted by molar-refractivity contribution is 9.10. The van der Waals surface area contributed by atoms with Crippen molar-refractivity contribution in [1.82, 2.24) is 0 Å². The first-order valence-electron chi connectivity index (χ1n) is 4.38. The molecule has 0 aliphatic rings. The predicted octanol–water partition coefficient (Wildman–Crippen LogP) is 2.07. The molecule has 0 saturated carbocycles. The molecule has 88 valence electrons. The van der Waals surface area contributed by atoms with Crippen LogP contribution in [0.4, 0.5) is 4.39 Å². The minimum atomic E-state index is -1.16. The molecule has 1 atom stereocenters. The van der Waals surface area contributed by atoms with E-state index < -0.39 is 17.9 Å². The second-order valence-electron chi connectivity index (χ2n) is 2.98. The van der Waals surface area contributed by atoms with Crippen LogP contribution < -0.4 is 4.74 Å². The maximum atomic E-state index is 13.1. The molecule has 4 nitrogen and oxygen atoms in total. The van der Waals surface area contributed by atoms with Gasteiger partial charge in [-0.05, 0) is 28.1 Å². The number of ether oxygens (including phenoxy) is 2. The van der Waals surface area contributed by atoms with Gasteiger partial charge in [0.15, 0.2) is 0 Å². The van der Waals surface area contributed by atoms with Gasteiger partial charge in [0.25, 0.3) is 0 Å². The van der Waals surface area contributed by atoms with Crippen molar-refractivity contribution in [3.8, 4) is 5.75 Å². The van der Waals surface area contributed by atoms with Gasteiger partial charge in [0.05, 0.1) is 11.1 Å². The van der Waals surface area contributed by atoms with E-state index in [9.17, 15) is 9.18 Å². The molecule has 0 aliphatic heterocycles. The summed E-state index contributed by atoms with van der Waals surface area (Å²) in [6, 6.07) is 4.02.